The first-order valence-corrected chi connectivity index (χ1v) is 6.37. The highest BCUT2D eigenvalue weighted by atomic mass is 19.4. The molecule has 1 atom stereocenters. The third kappa shape index (κ3) is 3.54. The van der Waals surface area contributed by atoms with Gasteiger partial charge in [0.1, 0.15) is 0 Å². The predicted octanol–water partition coefficient (Wildman–Crippen LogP) is 4.07. The van der Waals surface area contributed by atoms with Gasteiger partial charge in [-0.15, -0.1) is 0 Å². The lowest BCUT2D eigenvalue weighted by atomic mass is 9.96. The highest BCUT2D eigenvalue weighted by Gasteiger charge is 2.43. The summed E-state index contributed by atoms with van der Waals surface area (Å²) < 4.78 is 77.3. The molecule has 118 valence electrons. The second kappa shape index (κ2) is 5.31. The zero-order valence-electron chi connectivity index (χ0n) is 10.9. The predicted molar refractivity (Wildman–Crippen MR) is 66.8 cm³/mol. The molecule has 1 heterocycles. The van der Waals surface area contributed by atoms with E-state index in [2.05, 4.69) is 0 Å². The smallest absolute Gasteiger partial charge is 0.399 e. The van der Waals surface area contributed by atoms with E-state index >= 15 is 0 Å². The molecular weight excluding hydrogens is 298 g/mol. The van der Waals surface area contributed by atoms with Crippen molar-refractivity contribution in [2.24, 2.45) is 5.92 Å². The van der Waals surface area contributed by atoms with Crippen LogP contribution in [-0.2, 0) is 6.18 Å². The lowest BCUT2D eigenvalue weighted by Gasteiger charge is -2.36. The number of piperidine rings is 1. The van der Waals surface area contributed by atoms with Gasteiger partial charge in [0.05, 0.1) is 11.5 Å². The van der Waals surface area contributed by atoms with Gasteiger partial charge in [-0.05, 0) is 31.0 Å². The molecule has 8 heteroatoms. The number of alkyl halides is 6. The van der Waals surface area contributed by atoms with Crippen molar-refractivity contribution in [3.63, 3.8) is 0 Å². The largest absolute Gasteiger partial charge is 0.418 e. The zero-order chi connectivity index (χ0) is 15.8. The van der Waals surface area contributed by atoms with E-state index in [9.17, 15) is 26.3 Å². The van der Waals surface area contributed by atoms with Crippen molar-refractivity contribution in [3.8, 4) is 0 Å². The quantitative estimate of drug-likeness (QED) is 0.626. The van der Waals surface area contributed by atoms with E-state index < -0.39 is 30.4 Å². The second-order valence-corrected chi connectivity index (χ2v) is 5.10. The molecule has 0 spiro atoms. The third-order valence-corrected chi connectivity index (χ3v) is 3.55. The minimum Gasteiger partial charge on any atom is -0.399 e. The summed E-state index contributed by atoms with van der Waals surface area (Å²) in [6, 6.07) is 3.16. The topological polar surface area (TPSA) is 29.3 Å². The minimum atomic E-state index is -4.66. The standard InChI is InChI=1S/C13H14F6N2/c14-12(15,16)8-2-1-5-21(7-8)11-4-3-9(20)6-10(11)13(17,18)19/h3-4,6,8H,1-2,5,7,20H2. The number of nitrogens with zero attached hydrogens (tertiary/aromatic N) is 1. The molecular formula is C13H14F6N2. The van der Waals surface area contributed by atoms with Crippen LogP contribution in [0.5, 0.6) is 0 Å². The van der Waals surface area contributed by atoms with Gasteiger partial charge in [-0.3, -0.25) is 0 Å². The van der Waals surface area contributed by atoms with Gasteiger partial charge >= 0.3 is 12.4 Å². The summed E-state index contributed by atoms with van der Waals surface area (Å²) in [5, 5.41) is 0. The van der Waals surface area contributed by atoms with Crippen LogP contribution in [0.25, 0.3) is 0 Å². The maximum Gasteiger partial charge on any atom is 0.418 e. The summed E-state index contributed by atoms with van der Waals surface area (Å²) in [7, 11) is 0. The lowest BCUT2D eigenvalue weighted by Crippen LogP contribution is -2.42. The monoisotopic (exact) mass is 312 g/mol. The van der Waals surface area contributed by atoms with Crippen LogP contribution >= 0.6 is 0 Å². The van der Waals surface area contributed by atoms with Crippen molar-refractivity contribution in [1.29, 1.82) is 0 Å². The Kier molecular flexibility index (Phi) is 3.99. The first-order chi connectivity index (χ1) is 9.59. The van der Waals surface area contributed by atoms with Crippen LogP contribution in [-0.4, -0.2) is 19.3 Å². The maximum atomic E-state index is 13.0. The summed E-state index contributed by atoms with van der Waals surface area (Å²) in [5.74, 6) is -1.61. The van der Waals surface area contributed by atoms with E-state index in [0.717, 1.165) is 17.0 Å². The Morgan fingerprint density at radius 1 is 1.10 bits per heavy atom. The number of hydrogen-bond donors (Lipinski definition) is 1. The summed E-state index contributed by atoms with van der Waals surface area (Å²) in [4.78, 5) is 1.14. The molecule has 1 aromatic carbocycles. The van der Waals surface area contributed by atoms with Gasteiger partial charge < -0.3 is 10.6 Å². The van der Waals surface area contributed by atoms with Crippen molar-refractivity contribution in [2.45, 2.75) is 25.2 Å². The maximum absolute atomic E-state index is 13.0. The Morgan fingerprint density at radius 2 is 1.76 bits per heavy atom. The van der Waals surface area contributed by atoms with Crippen LogP contribution in [0.2, 0.25) is 0 Å². The van der Waals surface area contributed by atoms with Gasteiger partial charge in [0.15, 0.2) is 0 Å². The van der Waals surface area contributed by atoms with E-state index in [1.54, 1.807) is 0 Å². The van der Waals surface area contributed by atoms with Crippen molar-refractivity contribution >= 4 is 11.4 Å². The van der Waals surface area contributed by atoms with Gasteiger partial charge in [0, 0.05) is 24.5 Å². The van der Waals surface area contributed by atoms with Gasteiger partial charge in [-0.1, -0.05) is 0 Å². The van der Waals surface area contributed by atoms with Crippen LogP contribution in [0.4, 0.5) is 37.7 Å². The Balaban J connectivity index is 2.33. The zero-order valence-corrected chi connectivity index (χ0v) is 10.9. The van der Waals surface area contributed by atoms with Crippen LogP contribution in [0, 0.1) is 5.92 Å². The van der Waals surface area contributed by atoms with E-state index in [0.29, 0.717) is 0 Å². The Morgan fingerprint density at radius 3 is 2.33 bits per heavy atom. The summed E-state index contributed by atoms with van der Waals surface area (Å²) in [6.07, 6.45) is -8.91. The molecule has 1 fully saturated rings. The molecule has 1 aliphatic rings. The van der Waals surface area contributed by atoms with Gasteiger partial charge in [-0.2, -0.15) is 26.3 Å². The van der Waals surface area contributed by atoms with Crippen molar-refractivity contribution in [2.75, 3.05) is 23.7 Å². The molecule has 0 bridgehead atoms. The number of anilines is 2. The Bertz CT molecular complexity index is 508. The number of halogens is 6. The molecule has 1 unspecified atom stereocenters. The fourth-order valence-corrected chi connectivity index (χ4v) is 2.52. The van der Waals surface area contributed by atoms with Crippen molar-refractivity contribution in [1.82, 2.24) is 0 Å². The molecule has 0 amide bonds. The molecule has 0 aromatic heterocycles. The van der Waals surface area contributed by atoms with E-state index in [4.69, 9.17) is 5.73 Å². The molecule has 1 saturated heterocycles. The lowest BCUT2D eigenvalue weighted by molar-refractivity contribution is -0.176. The highest BCUT2D eigenvalue weighted by Crippen LogP contribution is 2.41. The van der Waals surface area contributed by atoms with Crippen molar-refractivity contribution < 1.29 is 26.3 Å². The van der Waals surface area contributed by atoms with Gasteiger partial charge in [0.2, 0.25) is 0 Å². The van der Waals surface area contributed by atoms with Crippen LogP contribution in [0.1, 0.15) is 18.4 Å². The molecule has 1 aliphatic heterocycles. The molecule has 2 rings (SSSR count). The van der Waals surface area contributed by atoms with Crippen LogP contribution in [0.3, 0.4) is 0 Å². The van der Waals surface area contributed by atoms with Crippen molar-refractivity contribution in [3.05, 3.63) is 23.8 Å². The molecule has 1 aromatic rings. The number of hydrogen-bond acceptors (Lipinski definition) is 2. The molecule has 2 nitrogen and oxygen atoms in total. The van der Waals surface area contributed by atoms with E-state index in [1.165, 1.54) is 6.07 Å². The normalized spacial score (nSPS) is 20.7. The third-order valence-electron chi connectivity index (χ3n) is 3.55. The van der Waals surface area contributed by atoms with Crippen LogP contribution in [0.15, 0.2) is 18.2 Å². The van der Waals surface area contributed by atoms with E-state index in [1.807, 2.05) is 0 Å². The molecule has 0 aliphatic carbocycles. The highest BCUT2D eigenvalue weighted by molar-refractivity contribution is 5.61. The average Bonchev–Trinajstić information content (AvgIpc) is 2.37. The number of rotatable bonds is 1. The minimum absolute atomic E-state index is 0.0592. The van der Waals surface area contributed by atoms with Crippen LogP contribution < -0.4 is 10.6 Å². The summed E-state index contributed by atoms with van der Waals surface area (Å²) in [5.41, 5.74) is 4.04. The Hall–Kier alpha value is -1.60. The molecule has 2 N–H and O–H groups in total. The van der Waals surface area contributed by atoms with Gasteiger partial charge in [-0.25, -0.2) is 0 Å². The average molecular weight is 312 g/mol. The number of benzene rings is 1. The fourth-order valence-electron chi connectivity index (χ4n) is 2.52. The molecule has 0 saturated carbocycles. The second-order valence-electron chi connectivity index (χ2n) is 5.10. The summed E-state index contributed by atoms with van der Waals surface area (Å²) in [6.45, 7) is -0.296. The van der Waals surface area contributed by atoms with Gasteiger partial charge in [0.25, 0.3) is 0 Å². The molecule has 21 heavy (non-hydrogen) atoms. The number of nitrogen functional groups attached to an aromatic ring is 1. The first kappa shape index (κ1) is 15.8. The SMILES string of the molecule is Nc1ccc(N2CCCC(C(F)(F)F)C2)c(C(F)(F)F)c1. The number of nitrogens with two attached hydrogens (primary N) is 1. The fraction of sp³-hybridized carbons (Fsp3) is 0.538. The van der Waals surface area contributed by atoms with E-state index in [-0.39, 0.29) is 30.8 Å². The molecule has 0 radical (unpaired) electrons. The first-order valence-electron chi connectivity index (χ1n) is 6.37. The summed E-state index contributed by atoms with van der Waals surface area (Å²) >= 11 is 0. The Labute approximate surface area is 117 Å².